The number of hydrogen-bond donors (Lipinski definition) is 1. The molecule has 7 heteroatoms. The molecule has 0 saturated heterocycles. The monoisotopic (exact) mass is 378 g/mol. The Hall–Kier alpha value is -1.89. The molecular formula is C18H19ClN2O3S. The summed E-state index contributed by atoms with van der Waals surface area (Å²) in [5.41, 5.74) is 8.99. The minimum atomic E-state index is 0.254. The van der Waals surface area contributed by atoms with Crippen molar-refractivity contribution in [2.45, 2.75) is 18.9 Å². The molecule has 0 spiro atoms. The minimum Gasteiger partial charge on any atom is -0.496 e. The number of nitrogens with two attached hydrogens (primary N) is 1. The van der Waals surface area contributed by atoms with Gasteiger partial charge in [0.1, 0.15) is 11.5 Å². The fourth-order valence-electron chi connectivity index (χ4n) is 2.56. The fourth-order valence-corrected chi connectivity index (χ4v) is 3.49. The number of para-hydroxylation sites is 1. The predicted octanol–water partition coefficient (Wildman–Crippen LogP) is 3.96. The lowest BCUT2D eigenvalue weighted by Gasteiger charge is -2.21. The molecule has 0 amide bonds. The highest BCUT2D eigenvalue weighted by Crippen LogP contribution is 2.33. The highest BCUT2D eigenvalue weighted by Gasteiger charge is 2.16. The molecule has 132 valence electrons. The van der Waals surface area contributed by atoms with Crippen molar-refractivity contribution >= 4 is 28.5 Å². The van der Waals surface area contributed by atoms with Gasteiger partial charge in [-0.1, -0.05) is 41.6 Å². The van der Waals surface area contributed by atoms with Gasteiger partial charge in [-0.3, -0.25) is 4.99 Å². The van der Waals surface area contributed by atoms with Crippen LogP contribution in [0.25, 0.3) is 0 Å². The maximum absolute atomic E-state index is 6.18. The zero-order valence-corrected chi connectivity index (χ0v) is 15.4. The quantitative estimate of drug-likeness (QED) is 0.630. The lowest BCUT2D eigenvalue weighted by molar-refractivity contribution is -0.0168. The van der Waals surface area contributed by atoms with Gasteiger partial charge in [-0.15, -0.1) is 0 Å². The van der Waals surface area contributed by atoms with E-state index < -0.39 is 0 Å². The standard InChI is InChI=1S/C18H19ClN2O3S/c1-22-16-5-3-2-4-12(16)8-21-18(20)25-10-14-7-15(19)6-13-9-23-11-24-17(13)14/h2-7H,8-11H2,1H3,(H2,20,21). The third-order valence-corrected chi connectivity index (χ3v) is 4.82. The largest absolute Gasteiger partial charge is 0.496 e. The molecule has 0 aliphatic carbocycles. The summed E-state index contributed by atoms with van der Waals surface area (Å²) in [4.78, 5) is 4.43. The Labute approximate surface area is 156 Å². The van der Waals surface area contributed by atoms with E-state index in [9.17, 15) is 0 Å². The first-order chi connectivity index (χ1) is 12.2. The summed E-state index contributed by atoms with van der Waals surface area (Å²) in [5.74, 6) is 2.27. The molecule has 0 bridgehead atoms. The van der Waals surface area contributed by atoms with E-state index in [-0.39, 0.29) is 6.79 Å². The minimum absolute atomic E-state index is 0.254. The van der Waals surface area contributed by atoms with Crippen molar-refractivity contribution in [2.24, 2.45) is 10.7 Å². The van der Waals surface area contributed by atoms with Crippen molar-refractivity contribution in [3.05, 3.63) is 58.1 Å². The molecular weight excluding hydrogens is 360 g/mol. The first kappa shape index (κ1) is 17.9. The van der Waals surface area contributed by atoms with Crippen molar-refractivity contribution in [2.75, 3.05) is 13.9 Å². The summed E-state index contributed by atoms with van der Waals surface area (Å²) in [6.07, 6.45) is 0. The van der Waals surface area contributed by atoms with E-state index in [1.165, 1.54) is 11.8 Å². The molecule has 1 heterocycles. The number of ether oxygens (including phenoxy) is 3. The van der Waals surface area contributed by atoms with Crippen molar-refractivity contribution in [3.63, 3.8) is 0 Å². The van der Waals surface area contributed by atoms with Gasteiger partial charge in [-0.25, -0.2) is 0 Å². The van der Waals surface area contributed by atoms with Gasteiger partial charge >= 0.3 is 0 Å². The Morgan fingerprint density at radius 2 is 2.16 bits per heavy atom. The van der Waals surface area contributed by atoms with E-state index >= 15 is 0 Å². The number of halogens is 1. The highest BCUT2D eigenvalue weighted by molar-refractivity contribution is 8.13. The maximum atomic E-state index is 6.18. The second-order valence-corrected chi connectivity index (χ2v) is 6.85. The Morgan fingerprint density at radius 3 is 3.00 bits per heavy atom. The summed E-state index contributed by atoms with van der Waals surface area (Å²) in [5, 5.41) is 1.17. The predicted molar refractivity (Wildman–Crippen MR) is 101 cm³/mol. The lowest BCUT2D eigenvalue weighted by atomic mass is 10.1. The SMILES string of the molecule is COc1ccccc1CN=C(N)SCc1cc(Cl)cc2c1OCOC2. The van der Waals surface area contributed by atoms with E-state index in [0.29, 0.717) is 29.1 Å². The number of benzene rings is 2. The van der Waals surface area contributed by atoms with Gasteiger partial charge in [-0.05, 0) is 18.2 Å². The molecule has 0 saturated carbocycles. The molecule has 3 rings (SSSR count). The second-order valence-electron chi connectivity index (χ2n) is 5.42. The van der Waals surface area contributed by atoms with E-state index in [2.05, 4.69) is 4.99 Å². The van der Waals surface area contributed by atoms with Crippen LogP contribution in [0, 0.1) is 0 Å². The first-order valence-corrected chi connectivity index (χ1v) is 9.10. The van der Waals surface area contributed by atoms with Crippen molar-refractivity contribution in [3.8, 4) is 11.5 Å². The van der Waals surface area contributed by atoms with Crippen LogP contribution in [0.2, 0.25) is 5.02 Å². The van der Waals surface area contributed by atoms with Crippen LogP contribution in [0.3, 0.4) is 0 Å². The molecule has 0 aromatic heterocycles. The number of fused-ring (bicyclic) bond motifs is 1. The second kappa shape index (κ2) is 8.47. The summed E-state index contributed by atoms with van der Waals surface area (Å²) in [6, 6.07) is 11.5. The normalized spacial score (nSPS) is 13.9. The Morgan fingerprint density at radius 1 is 1.32 bits per heavy atom. The number of nitrogens with zero attached hydrogens (tertiary/aromatic N) is 1. The molecule has 2 N–H and O–H groups in total. The van der Waals surface area contributed by atoms with E-state index in [1.807, 2.05) is 36.4 Å². The molecule has 0 unspecified atom stereocenters. The number of amidine groups is 1. The molecule has 5 nitrogen and oxygen atoms in total. The summed E-state index contributed by atoms with van der Waals surface area (Å²) in [6.45, 7) is 1.23. The third-order valence-electron chi connectivity index (χ3n) is 3.73. The van der Waals surface area contributed by atoms with Gasteiger partial charge in [-0.2, -0.15) is 0 Å². The van der Waals surface area contributed by atoms with Crippen LogP contribution in [0.15, 0.2) is 41.4 Å². The molecule has 0 atom stereocenters. The van der Waals surface area contributed by atoms with Gasteiger partial charge in [0.2, 0.25) is 0 Å². The van der Waals surface area contributed by atoms with E-state index in [0.717, 1.165) is 28.2 Å². The maximum Gasteiger partial charge on any atom is 0.189 e. The van der Waals surface area contributed by atoms with E-state index in [1.54, 1.807) is 7.11 Å². The first-order valence-electron chi connectivity index (χ1n) is 7.74. The molecule has 25 heavy (non-hydrogen) atoms. The average Bonchev–Trinajstić information content (AvgIpc) is 2.64. The lowest BCUT2D eigenvalue weighted by Crippen LogP contribution is -2.13. The molecule has 1 aliphatic rings. The van der Waals surface area contributed by atoms with Crippen molar-refractivity contribution in [1.82, 2.24) is 0 Å². The third kappa shape index (κ3) is 4.60. The van der Waals surface area contributed by atoms with Gasteiger partial charge in [0.15, 0.2) is 12.0 Å². The molecule has 2 aromatic carbocycles. The molecule has 0 fully saturated rings. The van der Waals surface area contributed by atoms with Crippen LogP contribution in [0.1, 0.15) is 16.7 Å². The molecule has 1 aliphatic heterocycles. The number of hydrogen-bond acceptors (Lipinski definition) is 5. The zero-order chi connectivity index (χ0) is 17.6. The van der Waals surface area contributed by atoms with Crippen LogP contribution in [0.5, 0.6) is 11.5 Å². The Balaban J connectivity index is 1.66. The van der Waals surface area contributed by atoms with Crippen LogP contribution < -0.4 is 15.2 Å². The van der Waals surface area contributed by atoms with Crippen LogP contribution >= 0.6 is 23.4 Å². The number of thioether (sulfide) groups is 1. The van der Waals surface area contributed by atoms with Gasteiger partial charge < -0.3 is 19.9 Å². The number of methoxy groups -OCH3 is 1. The van der Waals surface area contributed by atoms with Crippen molar-refractivity contribution < 1.29 is 14.2 Å². The Kier molecular flexibility index (Phi) is 6.07. The van der Waals surface area contributed by atoms with Crippen LogP contribution in [-0.2, 0) is 23.6 Å². The van der Waals surface area contributed by atoms with Crippen LogP contribution in [0.4, 0.5) is 0 Å². The van der Waals surface area contributed by atoms with E-state index in [4.69, 9.17) is 31.5 Å². The number of rotatable bonds is 5. The summed E-state index contributed by atoms with van der Waals surface area (Å²) < 4.78 is 16.2. The summed E-state index contributed by atoms with van der Waals surface area (Å²) in [7, 11) is 1.65. The smallest absolute Gasteiger partial charge is 0.189 e. The Bertz CT molecular complexity index is 783. The molecule has 2 aromatic rings. The summed E-state index contributed by atoms with van der Waals surface area (Å²) >= 11 is 7.63. The van der Waals surface area contributed by atoms with Gasteiger partial charge in [0.05, 0.1) is 20.3 Å². The zero-order valence-electron chi connectivity index (χ0n) is 13.8. The molecule has 0 radical (unpaired) electrons. The van der Waals surface area contributed by atoms with Gasteiger partial charge in [0.25, 0.3) is 0 Å². The van der Waals surface area contributed by atoms with Crippen LogP contribution in [-0.4, -0.2) is 19.1 Å². The highest BCUT2D eigenvalue weighted by atomic mass is 35.5. The van der Waals surface area contributed by atoms with Gasteiger partial charge in [0, 0.05) is 27.5 Å². The topological polar surface area (TPSA) is 66.1 Å². The van der Waals surface area contributed by atoms with Crippen molar-refractivity contribution in [1.29, 1.82) is 0 Å². The average molecular weight is 379 g/mol. The fraction of sp³-hybridized carbons (Fsp3) is 0.278. The number of aliphatic imine (C=N–C) groups is 1.